The van der Waals surface area contributed by atoms with Crippen LogP contribution in [0.3, 0.4) is 0 Å². The van der Waals surface area contributed by atoms with Gasteiger partial charge in [0, 0.05) is 21.8 Å². The Morgan fingerprint density at radius 2 is 1.71 bits per heavy atom. The smallest absolute Gasteiger partial charge is 0.316 e. The van der Waals surface area contributed by atoms with E-state index in [1.54, 1.807) is 36.0 Å². The summed E-state index contributed by atoms with van der Waals surface area (Å²) in [5, 5.41) is 5.23. The van der Waals surface area contributed by atoms with E-state index in [2.05, 4.69) is 10.6 Å². The number of carbonyl (C=O) groups excluding carboxylic acids is 2. The Bertz CT molecular complexity index is 656. The average molecular weight is 301 g/mol. The van der Waals surface area contributed by atoms with E-state index >= 15 is 0 Å². The van der Waals surface area contributed by atoms with E-state index in [1.165, 1.54) is 0 Å². The lowest BCUT2D eigenvalue weighted by atomic mass is 10.2. The molecule has 0 aliphatic heterocycles. The molecule has 108 valence electrons. The molecule has 2 aromatic carbocycles. The fourth-order valence-corrected chi connectivity index (χ4v) is 2.17. The summed E-state index contributed by atoms with van der Waals surface area (Å²) in [7, 11) is 0. The SMILES string of the molecule is CSc1ccc(NC(=O)c2cccc(NC(N)=O)c2)cc1. The highest BCUT2D eigenvalue weighted by Gasteiger charge is 2.07. The van der Waals surface area contributed by atoms with Gasteiger partial charge in [-0.2, -0.15) is 0 Å². The second-order valence-corrected chi connectivity index (χ2v) is 5.13. The molecular formula is C15H15N3O2S. The summed E-state index contributed by atoms with van der Waals surface area (Å²) < 4.78 is 0. The number of nitrogens with two attached hydrogens (primary N) is 1. The van der Waals surface area contributed by atoms with Gasteiger partial charge in [0.05, 0.1) is 0 Å². The minimum atomic E-state index is -0.666. The molecule has 0 aliphatic rings. The fraction of sp³-hybridized carbons (Fsp3) is 0.0667. The number of rotatable bonds is 4. The zero-order valence-corrected chi connectivity index (χ0v) is 12.2. The molecule has 0 heterocycles. The Kier molecular flexibility index (Phi) is 4.84. The van der Waals surface area contributed by atoms with Crippen LogP contribution in [0.2, 0.25) is 0 Å². The minimum absolute atomic E-state index is 0.250. The van der Waals surface area contributed by atoms with Crippen LogP contribution in [0.5, 0.6) is 0 Å². The molecule has 3 amide bonds. The van der Waals surface area contributed by atoms with Crippen LogP contribution >= 0.6 is 11.8 Å². The van der Waals surface area contributed by atoms with Crippen LogP contribution in [0, 0.1) is 0 Å². The number of carbonyl (C=O) groups is 2. The van der Waals surface area contributed by atoms with Gasteiger partial charge in [-0.25, -0.2) is 4.79 Å². The van der Waals surface area contributed by atoms with Crippen molar-refractivity contribution in [3.8, 4) is 0 Å². The third kappa shape index (κ3) is 4.25. The van der Waals surface area contributed by atoms with Gasteiger partial charge < -0.3 is 16.4 Å². The van der Waals surface area contributed by atoms with Crippen molar-refractivity contribution < 1.29 is 9.59 Å². The highest BCUT2D eigenvalue weighted by molar-refractivity contribution is 7.98. The zero-order valence-electron chi connectivity index (χ0n) is 11.4. The van der Waals surface area contributed by atoms with Crippen LogP contribution in [-0.2, 0) is 0 Å². The number of benzene rings is 2. The number of amides is 3. The summed E-state index contributed by atoms with van der Waals surface area (Å²) >= 11 is 1.64. The van der Waals surface area contributed by atoms with Gasteiger partial charge in [0.1, 0.15) is 0 Å². The minimum Gasteiger partial charge on any atom is -0.351 e. The van der Waals surface area contributed by atoms with Gasteiger partial charge in [-0.1, -0.05) is 6.07 Å². The lowest BCUT2D eigenvalue weighted by molar-refractivity contribution is 0.102. The van der Waals surface area contributed by atoms with Crippen LogP contribution < -0.4 is 16.4 Å². The highest BCUT2D eigenvalue weighted by atomic mass is 32.2. The summed E-state index contributed by atoms with van der Waals surface area (Å²) in [5.41, 5.74) is 6.68. The zero-order chi connectivity index (χ0) is 15.2. The normalized spacial score (nSPS) is 9.95. The predicted octanol–water partition coefficient (Wildman–Crippen LogP) is 3.15. The standard InChI is InChI=1S/C15H15N3O2S/c1-21-13-7-5-11(6-8-13)17-14(19)10-3-2-4-12(9-10)18-15(16)20/h2-9H,1H3,(H,17,19)(H3,16,18,20). The summed E-state index contributed by atoms with van der Waals surface area (Å²) in [5.74, 6) is -0.250. The Morgan fingerprint density at radius 3 is 2.33 bits per heavy atom. The van der Waals surface area contributed by atoms with Gasteiger partial charge in [-0.05, 0) is 48.7 Å². The highest BCUT2D eigenvalue weighted by Crippen LogP contribution is 2.18. The van der Waals surface area contributed by atoms with Crippen molar-refractivity contribution in [2.24, 2.45) is 5.73 Å². The van der Waals surface area contributed by atoms with Crippen molar-refractivity contribution in [3.63, 3.8) is 0 Å². The second-order valence-electron chi connectivity index (χ2n) is 4.25. The number of hydrogen-bond acceptors (Lipinski definition) is 3. The number of thioether (sulfide) groups is 1. The molecule has 21 heavy (non-hydrogen) atoms. The second kappa shape index (κ2) is 6.81. The molecule has 0 radical (unpaired) electrons. The van der Waals surface area contributed by atoms with Gasteiger partial charge in [-0.15, -0.1) is 11.8 Å². The van der Waals surface area contributed by atoms with E-state index in [0.29, 0.717) is 16.9 Å². The molecular weight excluding hydrogens is 286 g/mol. The van der Waals surface area contributed by atoms with Crippen LogP contribution in [0.15, 0.2) is 53.4 Å². The first-order chi connectivity index (χ1) is 10.1. The van der Waals surface area contributed by atoms with Gasteiger partial charge >= 0.3 is 6.03 Å². The Hall–Kier alpha value is -2.47. The molecule has 0 saturated carbocycles. The van der Waals surface area contributed by atoms with Crippen molar-refractivity contribution >= 4 is 35.1 Å². The first-order valence-electron chi connectivity index (χ1n) is 6.20. The predicted molar refractivity (Wildman–Crippen MR) is 85.8 cm³/mol. The quantitative estimate of drug-likeness (QED) is 0.758. The summed E-state index contributed by atoms with van der Waals surface area (Å²) in [6, 6.07) is 13.5. The summed E-state index contributed by atoms with van der Waals surface area (Å²) in [6.45, 7) is 0. The molecule has 6 heteroatoms. The van der Waals surface area contributed by atoms with Crippen molar-refractivity contribution in [3.05, 3.63) is 54.1 Å². The van der Waals surface area contributed by atoms with Crippen molar-refractivity contribution in [2.45, 2.75) is 4.90 Å². The van der Waals surface area contributed by atoms with E-state index in [1.807, 2.05) is 30.5 Å². The molecule has 4 N–H and O–H groups in total. The number of urea groups is 1. The number of anilines is 2. The van der Waals surface area contributed by atoms with Gasteiger partial charge in [0.25, 0.3) is 5.91 Å². The fourth-order valence-electron chi connectivity index (χ4n) is 1.76. The number of hydrogen-bond donors (Lipinski definition) is 3. The maximum Gasteiger partial charge on any atom is 0.316 e. The molecule has 0 aliphatic carbocycles. The number of nitrogens with one attached hydrogen (secondary N) is 2. The van der Waals surface area contributed by atoms with Gasteiger partial charge in [-0.3, -0.25) is 4.79 Å². The molecule has 0 unspecified atom stereocenters. The Labute approximate surface area is 126 Å². The topological polar surface area (TPSA) is 84.2 Å². The molecule has 0 spiro atoms. The third-order valence-corrected chi connectivity index (χ3v) is 3.48. The molecule has 0 aromatic heterocycles. The molecule has 0 fully saturated rings. The molecule has 5 nitrogen and oxygen atoms in total. The van der Waals surface area contributed by atoms with Crippen LogP contribution in [-0.4, -0.2) is 18.2 Å². The lowest BCUT2D eigenvalue weighted by Gasteiger charge is -2.07. The molecule has 2 rings (SSSR count). The summed E-state index contributed by atoms with van der Waals surface area (Å²) in [4.78, 5) is 24.1. The number of primary amides is 1. The first-order valence-corrected chi connectivity index (χ1v) is 7.43. The van der Waals surface area contributed by atoms with E-state index in [0.717, 1.165) is 4.90 Å². The maximum absolute atomic E-state index is 12.1. The van der Waals surface area contributed by atoms with Gasteiger partial charge in [0.15, 0.2) is 0 Å². The van der Waals surface area contributed by atoms with E-state index in [4.69, 9.17) is 5.73 Å². The van der Waals surface area contributed by atoms with Crippen LogP contribution in [0.1, 0.15) is 10.4 Å². The van der Waals surface area contributed by atoms with E-state index in [9.17, 15) is 9.59 Å². The molecule has 0 atom stereocenters. The first kappa shape index (κ1) is 14.9. The Morgan fingerprint density at radius 1 is 1.00 bits per heavy atom. The molecule has 0 saturated heterocycles. The van der Waals surface area contributed by atoms with Crippen molar-refractivity contribution in [2.75, 3.05) is 16.9 Å². The largest absolute Gasteiger partial charge is 0.351 e. The van der Waals surface area contributed by atoms with Crippen LogP contribution in [0.25, 0.3) is 0 Å². The lowest BCUT2D eigenvalue weighted by Crippen LogP contribution is -2.19. The van der Waals surface area contributed by atoms with Crippen molar-refractivity contribution in [1.82, 2.24) is 0 Å². The van der Waals surface area contributed by atoms with E-state index in [-0.39, 0.29) is 5.91 Å². The van der Waals surface area contributed by atoms with E-state index < -0.39 is 6.03 Å². The molecule has 2 aromatic rings. The Balaban J connectivity index is 2.10. The average Bonchev–Trinajstić information content (AvgIpc) is 2.47. The monoisotopic (exact) mass is 301 g/mol. The molecule has 0 bridgehead atoms. The maximum atomic E-state index is 12.1. The van der Waals surface area contributed by atoms with Crippen molar-refractivity contribution in [1.29, 1.82) is 0 Å². The summed E-state index contributed by atoms with van der Waals surface area (Å²) in [6.07, 6.45) is 1.99. The van der Waals surface area contributed by atoms with Crippen LogP contribution in [0.4, 0.5) is 16.2 Å². The van der Waals surface area contributed by atoms with Gasteiger partial charge in [0.2, 0.25) is 0 Å². The third-order valence-electron chi connectivity index (χ3n) is 2.74.